The number of amidine groups is 1. The number of hydrogen-bond donors (Lipinski definition) is 2. The van der Waals surface area contributed by atoms with Gasteiger partial charge in [0.25, 0.3) is 0 Å². The summed E-state index contributed by atoms with van der Waals surface area (Å²) in [6.45, 7) is 0.814. The van der Waals surface area contributed by atoms with Crippen molar-refractivity contribution < 1.29 is 28.6 Å². The molecule has 0 amide bonds. The number of aromatic nitrogens is 1. The molecule has 1 fully saturated rings. The molecule has 12 heteroatoms. The second-order valence-electron chi connectivity index (χ2n) is 7.29. The average Bonchev–Trinajstić information content (AvgIpc) is 3.33. The molecule has 33 heavy (non-hydrogen) atoms. The number of carbonyl (C=O) groups is 2. The third-order valence-electron chi connectivity index (χ3n) is 5.31. The Morgan fingerprint density at radius 2 is 2.27 bits per heavy atom. The van der Waals surface area contributed by atoms with Gasteiger partial charge in [-0.3, -0.25) is 14.7 Å². The average molecular weight is 495 g/mol. The lowest BCUT2D eigenvalue weighted by molar-refractivity contribution is -0.149. The fourth-order valence-corrected chi connectivity index (χ4v) is 4.58. The van der Waals surface area contributed by atoms with Gasteiger partial charge in [0.05, 0.1) is 25.9 Å². The van der Waals surface area contributed by atoms with Crippen LogP contribution in [0.15, 0.2) is 46.0 Å². The van der Waals surface area contributed by atoms with E-state index in [-0.39, 0.29) is 23.7 Å². The molecule has 9 nitrogen and oxygen atoms in total. The summed E-state index contributed by atoms with van der Waals surface area (Å²) >= 11 is 7.67. The van der Waals surface area contributed by atoms with Gasteiger partial charge in [0.2, 0.25) is 0 Å². The first-order chi connectivity index (χ1) is 15.9. The van der Waals surface area contributed by atoms with Crippen LogP contribution in [-0.2, 0) is 19.1 Å². The lowest BCUT2D eigenvalue weighted by Gasteiger charge is -2.35. The van der Waals surface area contributed by atoms with Crippen molar-refractivity contribution in [2.24, 2.45) is 4.99 Å². The number of benzene rings is 1. The Morgan fingerprint density at radius 3 is 2.94 bits per heavy atom. The van der Waals surface area contributed by atoms with Crippen molar-refractivity contribution in [3.63, 3.8) is 0 Å². The number of hydrogen-bond acceptors (Lipinski definition) is 9. The van der Waals surface area contributed by atoms with Crippen LogP contribution < -0.4 is 5.32 Å². The minimum Gasteiger partial charge on any atom is -0.480 e. The van der Waals surface area contributed by atoms with Crippen LogP contribution in [0.1, 0.15) is 16.6 Å². The number of carboxylic acids is 1. The third-order valence-corrected chi connectivity index (χ3v) is 6.42. The fraction of sp³-hybridized carbons (Fsp3) is 0.333. The first-order valence-corrected chi connectivity index (χ1v) is 11.2. The lowest BCUT2D eigenvalue weighted by Crippen LogP contribution is -2.52. The number of nitrogens with zero attached hydrogens (tertiary/aromatic N) is 3. The largest absolute Gasteiger partial charge is 0.480 e. The molecule has 0 saturated carbocycles. The highest BCUT2D eigenvalue weighted by atomic mass is 35.5. The number of aliphatic imine (C=N–C) groups is 1. The third kappa shape index (κ3) is 4.91. The van der Waals surface area contributed by atoms with E-state index in [1.54, 1.807) is 16.5 Å². The molecule has 2 aliphatic heterocycles. The van der Waals surface area contributed by atoms with E-state index < -0.39 is 29.8 Å². The maximum Gasteiger partial charge on any atom is 0.338 e. The smallest absolute Gasteiger partial charge is 0.338 e. The normalized spacial score (nSPS) is 21.4. The van der Waals surface area contributed by atoms with Crippen LogP contribution in [0.4, 0.5) is 4.39 Å². The van der Waals surface area contributed by atoms with E-state index in [2.05, 4.69) is 15.3 Å². The molecule has 1 aromatic carbocycles. The predicted molar refractivity (Wildman–Crippen MR) is 119 cm³/mol. The summed E-state index contributed by atoms with van der Waals surface area (Å²) in [4.78, 5) is 35.3. The van der Waals surface area contributed by atoms with Crippen molar-refractivity contribution in [1.29, 1.82) is 0 Å². The van der Waals surface area contributed by atoms with Gasteiger partial charge >= 0.3 is 11.9 Å². The van der Waals surface area contributed by atoms with Crippen LogP contribution in [-0.4, -0.2) is 72.2 Å². The summed E-state index contributed by atoms with van der Waals surface area (Å²) in [6, 6.07) is 2.05. The number of carboxylic acid groups (broad SMARTS) is 1. The zero-order valence-corrected chi connectivity index (χ0v) is 19.0. The Hall–Kier alpha value is -2.86. The summed E-state index contributed by atoms with van der Waals surface area (Å²) in [5.74, 6) is -1.83. The molecule has 2 atom stereocenters. The minimum atomic E-state index is -1.03. The maximum absolute atomic E-state index is 13.7. The van der Waals surface area contributed by atoms with Crippen LogP contribution in [0.3, 0.4) is 0 Å². The Morgan fingerprint density at radius 1 is 1.45 bits per heavy atom. The summed E-state index contributed by atoms with van der Waals surface area (Å²) in [6.07, 6.45) is 1.62. The van der Waals surface area contributed by atoms with E-state index in [1.165, 1.54) is 30.6 Å². The molecule has 0 spiro atoms. The number of aliphatic carboxylic acids is 1. The van der Waals surface area contributed by atoms with Gasteiger partial charge in [-0.2, -0.15) is 0 Å². The maximum atomic E-state index is 13.7. The zero-order chi connectivity index (χ0) is 23.5. The molecule has 0 bridgehead atoms. The highest BCUT2D eigenvalue weighted by Crippen LogP contribution is 2.37. The monoisotopic (exact) mass is 494 g/mol. The van der Waals surface area contributed by atoms with Gasteiger partial charge < -0.3 is 19.9 Å². The second-order valence-corrected chi connectivity index (χ2v) is 8.59. The molecule has 2 N–H and O–H groups in total. The van der Waals surface area contributed by atoms with Crippen LogP contribution in [0.25, 0.3) is 0 Å². The molecule has 1 saturated heterocycles. The first-order valence-electron chi connectivity index (χ1n) is 9.94. The number of ether oxygens (including phenoxy) is 2. The highest BCUT2D eigenvalue weighted by Gasteiger charge is 2.37. The van der Waals surface area contributed by atoms with Crippen LogP contribution in [0, 0.1) is 5.82 Å². The molecule has 4 rings (SSSR count). The topological polar surface area (TPSA) is 113 Å². The molecule has 0 aliphatic carbocycles. The van der Waals surface area contributed by atoms with Crippen LogP contribution in [0.2, 0.25) is 5.02 Å². The lowest BCUT2D eigenvalue weighted by atomic mass is 9.95. The Bertz CT molecular complexity index is 1120. The van der Waals surface area contributed by atoms with E-state index in [1.807, 2.05) is 0 Å². The van der Waals surface area contributed by atoms with Gasteiger partial charge in [0.1, 0.15) is 17.9 Å². The first kappa shape index (κ1) is 23.3. The van der Waals surface area contributed by atoms with Crippen molar-refractivity contribution in [2.75, 3.05) is 33.4 Å². The number of thiazole rings is 1. The Balaban J connectivity index is 1.83. The number of methoxy groups -OCH3 is 1. The van der Waals surface area contributed by atoms with Crippen LogP contribution >= 0.6 is 22.9 Å². The van der Waals surface area contributed by atoms with E-state index in [0.29, 0.717) is 35.3 Å². The van der Waals surface area contributed by atoms with Gasteiger partial charge in [-0.25, -0.2) is 14.2 Å². The quantitative estimate of drug-likeness (QED) is 0.588. The molecule has 3 heterocycles. The molecule has 2 aliphatic rings. The van der Waals surface area contributed by atoms with E-state index >= 15 is 0 Å². The molecular formula is C21H20ClFN4O5S. The highest BCUT2D eigenvalue weighted by molar-refractivity contribution is 7.11. The molecule has 2 aromatic rings. The van der Waals surface area contributed by atoms with E-state index in [4.69, 9.17) is 21.1 Å². The van der Waals surface area contributed by atoms with Crippen LogP contribution in [0.5, 0.6) is 0 Å². The molecule has 0 radical (unpaired) electrons. The second kappa shape index (κ2) is 9.96. The minimum absolute atomic E-state index is 0.0246. The SMILES string of the molecule is COC(=O)C1=C(CN2CCOC[C@@H]2C(=O)O)NC(c2nccs2)=N[C@H]1c1ccc(F)cc1Cl. The molecular weight excluding hydrogens is 475 g/mol. The van der Waals surface area contributed by atoms with Crippen molar-refractivity contribution in [3.05, 3.63) is 62.5 Å². The van der Waals surface area contributed by atoms with Gasteiger partial charge in [0, 0.05) is 40.9 Å². The number of halogens is 2. The van der Waals surface area contributed by atoms with Crippen molar-refractivity contribution >= 4 is 40.7 Å². The summed E-state index contributed by atoms with van der Waals surface area (Å²) in [5.41, 5.74) is 0.964. The molecule has 174 valence electrons. The Labute approximate surface area is 197 Å². The fourth-order valence-electron chi connectivity index (χ4n) is 3.73. The zero-order valence-electron chi connectivity index (χ0n) is 17.5. The molecule has 1 aromatic heterocycles. The summed E-state index contributed by atoms with van der Waals surface area (Å²) in [5, 5.41) is 15.2. The van der Waals surface area contributed by atoms with Crippen molar-refractivity contribution in [2.45, 2.75) is 12.1 Å². The number of rotatable bonds is 6. The number of nitrogens with one attached hydrogen (secondary N) is 1. The van der Waals surface area contributed by atoms with E-state index in [9.17, 15) is 19.1 Å². The summed E-state index contributed by atoms with van der Waals surface area (Å²) in [7, 11) is 1.24. The number of carbonyl (C=O) groups excluding carboxylic acids is 1. The Kier molecular flexibility index (Phi) is 7.03. The van der Waals surface area contributed by atoms with Crippen molar-refractivity contribution in [3.8, 4) is 0 Å². The molecule has 0 unspecified atom stereocenters. The van der Waals surface area contributed by atoms with Gasteiger partial charge in [0.15, 0.2) is 10.8 Å². The number of morpholine rings is 1. The van der Waals surface area contributed by atoms with Gasteiger partial charge in [-0.05, 0) is 12.1 Å². The predicted octanol–water partition coefficient (Wildman–Crippen LogP) is 2.24. The van der Waals surface area contributed by atoms with Gasteiger partial charge in [-0.1, -0.05) is 17.7 Å². The van der Waals surface area contributed by atoms with E-state index in [0.717, 1.165) is 6.07 Å². The number of esters is 1. The standard InChI is InChI=1S/C21H20ClFN4O5S/c1-31-21(30)16-14(9-27-5-6-32-10-15(27)20(28)29)25-18(19-24-4-7-33-19)26-17(16)12-3-2-11(23)8-13(12)22/h2-4,7-8,15,17H,5-6,9-10H2,1H3,(H,25,26)(H,28,29)/t15-,17+/m1/s1. The van der Waals surface area contributed by atoms with Crippen molar-refractivity contribution in [1.82, 2.24) is 15.2 Å². The van der Waals surface area contributed by atoms with Gasteiger partial charge in [-0.15, -0.1) is 11.3 Å². The summed E-state index contributed by atoms with van der Waals surface area (Å²) < 4.78 is 24.1.